The number of carbonyl (C=O) groups is 1. The highest BCUT2D eigenvalue weighted by Crippen LogP contribution is 2.19. The zero-order valence-corrected chi connectivity index (χ0v) is 13.3. The van der Waals surface area contributed by atoms with Crippen molar-refractivity contribution in [2.24, 2.45) is 0 Å². The fraction of sp³-hybridized carbons (Fsp3) is 0.583. The number of hydrogen-bond donors (Lipinski definition) is 2. The van der Waals surface area contributed by atoms with Crippen LogP contribution >= 0.6 is 11.3 Å². The van der Waals surface area contributed by atoms with Gasteiger partial charge in [-0.2, -0.15) is 0 Å². The van der Waals surface area contributed by atoms with Crippen molar-refractivity contribution >= 4 is 27.3 Å². The van der Waals surface area contributed by atoms with Gasteiger partial charge in [-0.25, -0.2) is 17.9 Å². The lowest BCUT2D eigenvalue weighted by Crippen LogP contribution is -2.35. The average Bonchev–Trinajstić information content (AvgIpc) is 2.88. The van der Waals surface area contributed by atoms with Crippen LogP contribution in [0.1, 0.15) is 30.6 Å². The summed E-state index contributed by atoms with van der Waals surface area (Å²) < 4.78 is 26.5. The molecular weight excluding hydrogens is 300 g/mol. The summed E-state index contributed by atoms with van der Waals surface area (Å²) >= 11 is 0.915. The number of thiophene rings is 1. The second kappa shape index (κ2) is 7.72. The van der Waals surface area contributed by atoms with Crippen molar-refractivity contribution < 1.29 is 18.3 Å². The SMILES string of the molecule is CCCN(CC)CCNS(=O)(=O)c1cc(C(=O)O)cs1. The summed E-state index contributed by atoms with van der Waals surface area (Å²) in [5, 5.41) is 10.1. The normalized spacial score (nSPS) is 11.9. The van der Waals surface area contributed by atoms with E-state index in [0.29, 0.717) is 13.1 Å². The Morgan fingerprint density at radius 2 is 2.10 bits per heavy atom. The summed E-state index contributed by atoms with van der Waals surface area (Å²) in [6.07, 6.45) is 1.02. The van der Waals surface area contributed by atoms with Crippen LogP contribution in [0.3, 0.4) is 0 Å². The van der Waals surface area contributed by atoms with Gasteiger partial charge >= 0.3 is 5.97 Å². The van der Waals surface area contributed by atoms with Crippen LogP contribution in [0.4, 0.5) is 0 Å². The summed E-state index contributed by atoms with van der Waals surface area (Å²) in [7, 11) is -3.61. The van der Waals surface area contributed by atoms with E-state index < -0.39 is 16.0 Å². The lowest BCUT2D eigenvalue weighted by Gasteiger charge is -2.19. The number of hydrogen-bond acceptors (Lipinski definition) is 5. The molecule has 20 heavy (non-hydrogen) atoms. The second-order valence-corrected chi connectivity index (χ2v) is 7.20. The molecule has 114 valence electrons. The van der Waals surface area contributed by atoms with E-state index in [-0.39, 0.29) is 9.77 Å². The third-order valence-electron chi connectivity index (χ3n) is 2.79. The average molecular weight is 320 g/mol. The van der Waals surface area contributed by atoms with Gasteiger partial charge in [-0.3, -0.25) is 0 Å². The highest BCUT2D eigenvalue weighted by molar-refractivity contribution is 7.91. The first kappa shape index (κ1) is 17.1. The van der Waals surface area contributed by atoms with E-state index in [1.54, 1.807) is 0 Å². The van der Waals surface area contributed by atoms with Crippen molar-refractivity contribution in [3.8, 4) is 0 Å². The monoisotopic (exact) mass is 320 g/mol. The molecule has 1 aromatic heterocycles. The summed E-state index contributed by atoms with van der Waals surface area (Å²) in [5.41, 5.74) is -0.00320. The number of sulfonamides is 1. The molecule has 1 aromatic rings. The summed E-state index contributed by atoms with van der Waals surface area (Å²) in [6, 6.07) is 1.18. The van der Waals surface area contributed by atoms with E-state index in [1.165, 1.54) is 11.4 Å². The standard InChI is InChI=1S/C12H20N2O4S2/c1-3-6-14(4-2)7-5-13-20(17,18)11-8-10(9-19-11)12(15)16/h8-9,13H,3-7H2,1-2H3,(H,15,16). The predicted octanol–water partition coefficient (Wildman–Crippen LogP) is 1.46. The smallest absolute Gasteiger partial charge is 0.336 e. The number of nitrogens with one attached hydrogen (secondary N) is 1. The maximum Gasteiger partial charge on any atom is 0.336 e. The van der Waals surface area contributed by atoms with E-state index in [2.05, 4.69) is 16.5 Å². The van der Waals surface area contributed by atoms with E-state index in [0.717, 1.165) is 30.8 Å². The fourth-order valence-corrected chi connectivity index (χ4v) is 3.94. The Kier molecular flexibility index (Phi) is 6.60. The highest BCUT2D eigenvalue weighted by atomic mass is 32.2. The van der Waals surface area contributed by atoms with Gasteiger partial charge < -0.3 is 10.0 Å². The van der Waals surface area contributed by atoms with E-state index in [9.17, 15) is 13.2 Å². The maximum absolute atomic E-state index is 12.0. The topological polar surface area (TPSA) is 86.7 Å². The first-order valence-corrected chi connectivity index (χ1v) is 8.80. The Labute approximate surface area is 123 Å². The first-order chi connectivity index (χ1) is 9.40. The lowest BCUT2D eigenvalue weighted by atomic mass is 10.4. The van der Waals surface area contributed by atoms with Gasteiger partial charge in [0.05, 0.1) is 5.56 Å². The van der Waals surface area contributed by atoms with Crippen LogP contribution in [0.25, 0.3) is 0 Å². The summed E-state index contributed by atoms with van der Waals surface area (Å²) in [4.78, 5) is 12.9. The Bertz CT molecular complexity index is 539. The fourth-order valence-electron chi connectivity index (χ4n) is 1.72. The Balaban J connectivity index is 2.58. The molecule has 0 aliphatic rings. The van der Waals surface area contributed by atoms with Crippen molar-refractivity contribution in [3.05, 3.63) is 17.0 Å². The third-order valence-corrected chi connectivity index (χ3v) is 5.69. The molecule has 0 aliphatic heterocycles. The van der Waals surface area contributed by atoms with Crippen LogP contribution in [0.5, 0.6) is 0 Å². The molecule has 0 aromatic carbocycles. The minimum Gasteiger partial charge on any atom is -0.478 e. The van der Waals surface area contributed by atoms with Crippen molar-refractivity contribution in [3.63, 3.8) is 0 Å². The molecule has 8 heteroatoms. The second-order valence-electron chi connectivity index (χ2n) is 4.29. The maximum atomic E-state index is 12.0. The molecule has 0 radical (unpaired) electrons. The number of aromatic carboxylic acids is 1. The molecule has 1 heterocycles. The summed E-state index contributed by atoms with van der Waals surface area (Å²) in [5.74, 6) is -1.12. The zero-order chi connectivity index (χ0) is 15.2. The molecule has 0 bridgehead atoms. The molecule has 1 rings (SSSR count). The minimum absolute atomic E-state index is 0.00320. The van der Waals surface area contributed by atoms with Crippen LogP contribution in [-0.2, 0) is 10.0 Å². The van der Waals surface area contributed by atoms with Gasteiger partial charge in [0.15, 0.2) is 0 Å². The largest absolute Gasteiger partial charge is 0.478 e. The van der Waals surface area contributed by atoms with E-state index >= 15 is 0 Å². The van der Waals surface area contributed by atoms with E-state index in [1.807, 2.05) is 6.92 Å². The molecule has 0 amide bonds. The number of rotatable bonds is 9. The van der Waals surface area contributed by atoms with Crippen LogP contribution < -0.4 is 4.72 Å². The Hall–Kier alpha value is -0.960. The van der Waals surface area contributed by atoms with Gasteiger partial charge in [0, 0.05) is 18.5 Å². The first-order valence-electron chi connectivity index (χ1n) is 6.44. The molecule has 2 N–H and O–H groups in total. The molecule has 0 fully saturated rings. The molecule has 0 aliphatic carbocycles. The van der Waals surface area contributed by atoms with Gasteiger partial charge in [0.1, 0.15) is 4.21 Å². The van der Waals surface area contributed by atoms with Crippen molar-refractivity contribution in [1.29, 1.82) is 0 Å². The number of likely N-dealkylation sites (N-methyl/N-ethyl adjacent to an activating group) is 1. The van der Waals surface area contributed by atoms with Gasteiger partial charge in [0.25, 0.3) is 0 Å². The third kappa shape index (κ3) is 4.86. The van der Waals surface area contributed by atoms with Crippen molar-refractivity contribution in [2.75, 3.05) is 26.2 Å². The number of carboxylic acid groups (broad SMARTS) is 1. The molecule has 0 unspecified atom stereocenters. The molecule has 0 atom stereocenters. The van der Waals surface area contributed by atoms with Gasteiger partial charge in [-0.15, -0.1) is 11.3 Å². The number of carboxylic acids is 1. The van der Waals surface area contributed by atoms with E-state index in [4.69, 9.17) is 5.11 Å². The quantitative estimate of drug-likeness (QED) is 0.719. The van der Waals surface area contributed by atoms with Crippen molar-refractivity contribution in [1.82, 2.24) is 9.62 Å². The van der Waals surface area contributed by atoms with Crippen LogP contribution in [-0.4, -0.2) is 50.6 Å². The Morgan fingerprint density at radius 3 is 2.60 bits per heavy atom. The van der Waals surface area contributed by atoms with Crippen LogP contribution in [0.15, 0.2) is 15.7 Å². The Morgan fingerprint density at radius 1 is 1.40 bits per heavy atom. The van der Waals surface area contributed by atoms with Gasteiger partial charge in [0.2, 0.25) is 10.0 Å². The minimum atomic E-state index is -3.61. The van der Waals surface area contributed by atoms with Crippen LogP contribution in [0, 0.1) is 0 Å². The number of nitrogens with zero attached hydrogens (tertiary/aromatic N) is 1. The highest BCUT2D eigenvalue weighted by Gasteiger charge is 2.18. The van der Waals surface area contributed by atoms with Crippen molar-refractivity contribution in [2.45, 2.75) is 24.5 Å². The van der Waals surface area contributed by atoms with Gasteiger partial charge in [-0.1, -0.05) is 13.8 Å². The summed E-state index contributed by atoms with van der Waals surface area (Å²) in [6.45, 7) is 6.86. The van der Waals surface area contributed by atoms with Gasteiger partial charge in [-0.05, 0) is 25.6 Å². The molecule has 0 saturated carbocycles. The lowest BCUT2D eigenvalue weighted by molar-refractivity contribution is 0.0697. The molecule has 0 saturated heterocycles. The van der Waals surface area contributed by atoms with Crippen LogP contribution in [0.2, 0.25) is 0 Å². The predicted molar refractivity (Wildman–Crippen MR) is 78.9 cm³/mol. The molecular formula is C12H20N2O4S2. The zero-order valence-electron chi connectivity index (χ0n) is 11.6. The molecule has 0 spiro atoms. The molecule has 6 nitrogen and oxygen atoms in total.